The Morgan fingerprint density at radius 3 is 1.67 bits per heavy atom. The van der Waals surface area contributed by atoms with Gasteiger partial charge in [-0.25, -0.2) is 0 Å². The largest absolute Gasteiger partial charge is 0.293 e. The van der Waals surface area contributed by atoms with E-state index in [9.17, 15) is 4.79 Å². The lowest BCUT2D eigenvalue weighted by Gasteiger charge is -2.20. The van der Waals surface area contributed by atoms with Crippen LogP contribution in [-0.2, 0) is 17.9 Å². The van der Waals surface area contributed by atoms with E-state index in [-0.39, 0.29) is 5.78 Å². The van der Waals surface area contributed by atoms with Crippen LogP contribution in [-0.4, -0.2) is 16.5 Å². The molecule has 2 aromatic carbocycles. The van der Waals surface area contributed by atoms with Gasteiger partial charge in [-0.05, 0) is 18.1 Å². The lowest BCUT2D eigenvalue weighted by atomic mass is 10.2. The number of Topliss-reactive ketones (excluding diaryl/α,β-unsaturated/α-hetero) is 1. The first-order valence-electron chi connectivity index (χ1n) is 7.04. The van der Waals surface area contributed by atoms with Crippen LogP contribution in [0.15, 0.2) is 65.8 Å². The van der Waals surface area contributed by atoms with Gasteiger partial charge in [0.2, 0.25) is 0 Å². The van der Waals surface area contributed by atoms with Crippen LogP contribution in [0.25, 0.3) is 0 Å². The molecular weight excluding hydrogens is 260 g/mol. The van der Waals surface area contributed by atoms with E-state index in [1.54, 1.807) is 13.8 Å². The van der Waals surface area contributed by atoms with Crippen molar-refractivity contribution in [2.24, 2.45) is 5.10 Å². The zero-order valence-electron chi connectivity index (χ0n) is 12.5. The molecule has 0 N–H and O–H groups in total. The smallest absolute Gasteiger partial charge is 0.175 e. The first-order valence-corrected chi connectivity index (χ1v) is 7.04. The van der Waals surface area contributed by atoms with E-state index in [0.717, 1.165) is 0 Å². The predicted molar refractivity (Wildman–Crippen MR) is 85.9 cm³/mol. The highest BCUT2D eigenvalue weighted by molar-refractivity contribution is 6.37. The van der Waals surface area contributed by atoms with E-state index in [1.165, 1.54) is 11.1 Å². The molecule has 2 aromatic rings. The number of rotatable bonds is 6. The van der Waals surface area contributed by atoms with Crippen molar-refractivity contribution in [3.8, 4) is 0 Å². The Bertz CT molecular complexity index is 564. The van der Waals surface area contributed by atoms with Crippen molar-refractivity contribution in [1.29, 1.82) is 0 Å². The van der Waals surface area contributed by atoms with Gasteiger partial charge in [-0.3, -0.25) is 9.80 Å². The molecule has 0 amide bonds. The SMILES string of the molecule is CC(=O)C(C)=NN(Cc1ccccc1)Cc1ccccc1. The summed E-state index contributed by atoms with van der Waals surface area (Å²) >= 11 is 0. The molecule has 0 aromatic heterocycles. The summed E-state index contributed by atoms with van der Waals surface area (Å²) in [6, 6.07) is 20.3. The molecule has 0 aliphatic carbocycles. The summed E-state index contributed by atoms with van der Waals surface area (Å²) in [7, 11) is 0. The molecule has 0 fully saturated rings. The molecule has 21 heavy (non-hydrogen) atoms. The summed E-state index contributed by atoms with van der Waals surface area (Å²) in [5, 5.41) is 6.40. The van der Waals surface area contributed by atoms with E-state index >= 15 is 0 Å². The molecule has 3 heteroatoms. The number of benzene rings is 2. The first-order chi connectivity index (χ1) is 10.1. The number of hydrazone groups is 1. The molecule has 108 valence electrons. The molecule has 0 unspecified atom stereocenters. The van der Waals surface area contributed by atoms with Gasteiger partial charge in [-0.2, -0.15) is 5.10 Å². The Morgan fingerprint density at radius 2 is 1.29 bits per heavy atom. The summed E-state index contributed by atoms with van der Waals surface area (Å²) in [4.78, 5) is 11.4. The molecule has 2 rings (SSSR count). The van der Waals surface area contributed by atoms with Crippen LogP contribution in [0, 0.1) is 0 Å². The monoisotopic (exact) mass is 280 g/mol. The van der Waals surface area contributed by atoms with Crippen molar-refractivity contribution in [2.45, 2.75) is 26.9 Å². The van der Waals surface area contributed by atoms with Gasteiger partial charge >= 0.3 is 0 Å². The Hall–Kier alpha value is -2.42. The van der Waals surface area contributed by atoms with Crippen LogP contribution in [0.5, 0.6) is 0 Å². The average molecular weight is 280 g/mol. The average Bonchev–Trinajstić information content (AvgIpc) is 2.49. The third kappa shape index (κ3) is 4.88. The Labute approximate surface area is 125 Å². The van der Waals surface area contributed by atoms with Crippen molar-refractivity contribution >= 4 is 11.5 Å². The summed E-state index contributed by atoms with van der Waals surface area (Å²) in [5.41, 5.74) is 2.88. The summed E-state index contributed by atoms with van der Waals surface area (Å²) in [5.74, 6) is 0.00104. The minimum absolute atomic E-state index is 0.00104. The third-order valence-electron chi connectivity index (χ3n) is 3.22. The third-order valence-corrected chi connectivity index (χ3v) is 3.22. The molecule has 0 atom stereocenters. The fourth-order valence-corrected chi connectivity index (χ4v) is 2.00. The Balaban J connectivity index is 2.18. The van der Waals surface area contributed by atoms with Gasteiger partial charge in [0, 0.05) is 6.92 Å². The highest BCUT2D eigenvalue weighted by Gasteiger charge is 2.07. The lowest BCUT2D eigenvalue weighted by Crippen LogP contribution is -2.20. The van der Waals surface area contributed by atoms with Crippen molar-refractivity contribution in [3.63, 3.8) is 0 Å². The van der Waals surface area contributed by atoms with Crippen LogP contribution >= 0.6 is 0 Å². The summed E-state index contributed by atoms with van der Waals surface area (Å²) < 4.78 is 0. The number of hydrogen-bond donors (Lipinski definition) is 0. The van der Waals surface area contributed by atoms with Gasteiger partial charge in [0.05, 0.1) is 13.1 Å². The topological polar surface area (TPSA) is 32.7 Å². The van der Waals surface area contributed by atoms with Crippen molar-refractivity contribution in [2.75, 3.05) is 0 Å². The highest BCUT2D eigenvalue weighted by Crippen LogP contribution is 2.10. The van der Waals surface area contributed by atoms with E-state index in [0.29, 0.717) is 18.8 Å². The van der Waals surface area contributed by atoms with Gasteiger partial charge in [0.15, 0.2) is 5.78 Å². The molecular formula is C18H20N2O. The fraction of sp³-hybridized carbons (Fsp3) is 0.222. The predicted octanol–water partition coefficient (Wildman–Crippen LogP) is 3.65. The van der Waals surface area contributed by atoms with Crippen LogP contribution in [0.4, 0.5) is 0 Å². The van der Waals surface area contributed by atoms with E-state index in [2.05, 4.69) is 29.4 Å². The number of carbonyl (C=O) groups is 1. The van der Waals surface area contributed by atoms with Gasteiger partial charge in [-0.15, -0.1) is 0 Å². The Morgan fingerprint density at radius 1 is 0.857 bits per heavy atom. The highest BCUT2D eigenvalue weighted by atomic mass is 16.1. The van der Waals surface area contributed by atoms with Gasteiger partial charge in [-0.1, -0.05) is 60.7 Å². The van der Waals surface area contributed by atoms with Crippen LogP contribution in [0.3, 0.4) is 0 Å². The van der Waals surface area contributed by atoms with Gasteiger partial charge < -0.3 is 0 Å². The molecule has 3 nitrogen and oxygen atoms in total. The maximum Gasteiger partial charge on any atom is 0.175 e. The fourth-order valence-electron chi connectivity index (χ4n) is 2.00. The molecule has 0 bridgehead atoms. The normalized spacial score (nSPS) is 11.2. The minimum Gasteiger partial charge on any atom is -0.293 e. The van der Waals surface area contributed by atoms with Gasteiger partial charge in [0.25, 0.3) is 0 Å². The summed E-state index contributed by atoms with van der Waals surface area (Å²) in [6.45, 7) is 4.66. The molecule has 0 radical (unpaired) electrons. The lowest BCUT2D eigenvalue weighted by molar-refractivity contribution is -0.111. The second-order valence-corrected chi connectivity index (χ2v) is 5.04. The zero-order chi connectivity index (χ0) is 15.1. The molecule has 0 spiro atoms. The molecule has 0 aliphatic heterocycles. The minimum atomic E-state index is 0.00104. The van der Waals surface area contributed by atoms with Crippen molar-refractivity contribution in [1.82, 2.24) is 5.01 Å². The van der Waals surface area contributed by atoms with E-state index in [1.807, 2.05) is 41.4 Å². The second-order valence-electron chi connectivity index (χ2n) is 5.04. The molecule has 0 saturated carbocycles. The molecule has 0 saturated heterocycles. The van der Waals surface area contributed by atoms with Crippen molar-refractivity contribution in [3.05, 3.63) is 71.8 Å². The van der Waals surface area contributed by atoms with Crippen LogP contribution in [0.2, 0.25) is 0 Å². The summed E-state index contributed by atoms with van der Waals surface area (Å²) in [6.07, 6.45) is 0. The quantitative estimate of drug-likeness (QED) is 0.597. The number of ketones is 1. The maximum absolute atomic E-state index is 11.4. The number of nitrogens with zero attached hydrogens (tertiary/aromatic N) is 2. The standard InChI is InChI=1S/C18H20N2O/c1-15(16(2)21)19-20(13-17-9-5-3-6-10-17)14-18-11-7-4-8-12-18/h3-12H,13-14H2,1-2H3. The maximum atomic E-state index is 11.4. The van der Waals surface area contributed by atoms with E-state index < -0.39 is 0 Å². The van der Waals surface area contributed by atoms with Gasteiger partial charge in [0.1, 0.15) is 5.71 Å². The molecule has 0 aliphatic rings. The zero-order valence-corrected chi connectivity index (χ0v) is 12.5. The number of hydrogen-bond acceptors (Lipinski definition) is 3. The van der Waals surface area contributed by atoms with Crippen LogP contribution < -0.4 is 0 Å². The first kappa shape index (κ1) is 15.0. The van der Waals surface area contributed by atoms with E-state index in [4.69, 9.17) is 0 Å². The second kappa shape index (κ2) is 7.39. The number of carbonyl (C=O) groups excluding carboxylic acids is 1. The van der Waals surface area contributed by atoms with Crippen LogP contribution in [0.1, 0.15) is 25.0 Å². The van der Waals surface area contributed by atoms with Crippen molar-refractivity contribution < 1.29 is 4.79 Å². The molecule has 0 heterocycles. The Kier molecular flexibility index (Phi) is 5.27.